The highest BCUT2D eigenvalue weighted by atomic mass is 16.2. The maximum atomic E-state index is 13.0. The number of para-hydroxylation sites is 2. The van der Waals surface area contributed by atoms with Crippen molar-refractivity contribution in [2.45, 2.75) is 57.3 Å². The number of nitrogens with one attached hydrogen (secondary N) is 2. The fourth-order valence-corrected chi connectivity index (χ4v) is 6.76. The van der Waals surface area contributed by atoms with E-state index in [0.717, 1.165) is 64.9 Å². The lowest BCUT2D eigenvalue weighted by atomic mass is 10.0. The number of allylic oxidation sites excluding steroid dienone is 1. The van der Waals surface area contributed by atoms with Crippen LogP contribution < -0.4 is 21.3 Å². The van der Waals surface area contributed by atoms with E-state index in [4.69, 9.17) is 10.7 Å². The van der Waals surface area contributed by atoms with Gasteiger partial charge in [-0.15, -0.1) is 0 Å². The normalized spacial score (nSPS) is 18.5. The smallest absolute Gasteiger partial charge is 0.255 e. The molecular formula is C38H38N8O4. The summed E-state index contributed by atoms with van der Waals surface area (Å²) in [6.07, 6.45) is 7.66. The summed E-state index contributed by atoms with van der Waals surface area (Å²) in [6.45, 7) is 2.37. The first-order valence-electron chi connectivity index (χ1n) is 16.9. The number of aliphatic imine (C=N–C) groups is 1. The van der Waals surface area contributed by atoms with Gasteiger partial charge in [-0.2, -0.15) is 0 Å². The monoisotopic (exact) mass is 670 g/mol. The van der Waals surface area contributed by atoms with Gasteiger partial charge >= 0.3 is 0 Å². The molecule has 2 saturated heterocycles. The van der Waals surface area contributed by atoms with Gasteiger partial charge in [0.15, 0.2) is 0 Å². The Labute approximate surface area is 289 Å². The minimum atomic E-state index is -0.654. The van der Waals surface area contributed by atoms with E-state index in [0.29, 0.717) is 30.8 Å². The van der Waals surface area contributed by atoms with Crippen LogP contribution in [0.15, 0.2) is 84.1 Å². The summed E-state index contributed by atoms with van der Waals surface area (Å²) in [7, 11) is 0. The molecule has 254 valence electrons. The van der Waals surface area contributed by atoms with Gasteiger partial charge in [-0.05, 0) is 66.3 Å². The predicted octanol–water partition coefficient (Wildman–Crippen LogP) is 3.29. The van der Waals surface area contributed by atoms with Crippen molar-refractivity contribution in [3.8, 4) is 0 Å². The van der Waals surface area contributed by atoms with E-state index in [1.807, 2.05) is 54.7 Å². The van der Waals surface area contributed by atoms with Gasteiger partial charge in [0, 0.05) is 61.8 Å². The highest BCUT2D eigenvalue weighted by molar-refractivity contribution is 6.09. The molecule has 4 N–H and O–H groups in total. The van der Waals surface area contributed by atoms with Gasteiger partial charge in [0.2, 0.25) is 17.7 Å². The molecule has 1 atom stereocenters. The lowest BCUT2D eigenvalue weighted by Gasteiger charge is -2.32. The van der Waals surface area contributed by atoms with Crippen LogP contribution in [0.2, 0.25) is 0 Å². The van der Waals surface area contributed by atoms with Crippen LogP contribution in [0.4, 0.5) is 5.69 Å². The third kappa shape index (κ3) is 7.09. The molecule has 4 heterocycles. The van der Waals surface area contributed by atoms with Crippen molar-refractivity contribution in [3.63, 3.8) is 0 Å². The van der Waals surface area contributed by atoms with Gasteiger partial charge in [-0.1, -0.05) is 36.4 Å². The topological polar surface area (TPSA) is 163 Å². The SMILES string of the molecule is NC=C(C=NC1CCN(c2ccc(CC(=O)NCc3ccc4c(c3)CN(C3CCC(=O)NC3=O)C4=O)cc2)CC1)c1cnc2ccccc2n1. The Bertz CT molecular complexity index is 2020. The molecule has 12 heteroatoms. The lowest BCUT2D eigenvalue weighted by Crippen LogP contribution is -2.52. The second kappa shape index (κ2) is 14.3. The number of hydrogen-bond donors (Lipinski definition) is 3. The number of carbonyl (C=O) groups excluding carboxylic acids is 4. The van der Waals surface area contributed by atoms with E-state index in [1.54, 1.807) is 12.3 Å². The molecule has 3 aromatic carbocycles. The zero-order valence-corrected chi connectivity index (χ0v) is 27.5. The number of aromatic nitrogens is 2. The van der Waals surface area contributed by atoms with E-state index < -0.39 is 11.9 Å². The fourth-order valence-electron chi connectivity index (χ4n) is 6.76. The van der Waals surface area contributed by atoms with E-state index in [2.05, 4.69) is 37.6 Å². The average Bonchev–Trinajstić information content (AvgIpc) is 3.46. The van der Waals surface area contributed by atoms with Crippen LogP contribution >= 0.6 is 0 Å². The molecule has 3 aliphatic rings. The summed E-state index contributed by atoms with van der Waals surface area (Å²) >= 11 is 0. The third-order valence-corrected chi connectivity index (χ3v) is 9.56. The summed E-state index contributed by atoms with van der Waals surface area (Å²) in [5.74, 6) is -1.06. The summed E-state index contributed by atoms with van der Waals surface area (Å²) in [5.41, 5.74) is 13.3. The second-order valence-electron chi connectivity index (χ2n) is 12.9. The average molecular weight is 671 g/mol. The van der Waals surface area contributed by atoms with Crippen LogP contribution in [0.3, 0.4) is 0 Å². The van der Waals surface area contributed by atoms with E-state index >= 15 is 0 Å². The van der Waals surface area contributed by atoms with Crippen molar-refractivity contribution in [3.05, 3.63) is 107 Å². The molecule has 4 aromatic rings. The third-order valence-electron chi connectivity index (χ3n) is 9.56. The molecule has 3 aliphatic heterocycles. The Morgan fingerprint density at radius 3 is 2.50 bits per heavy atom. The van der Waals surface area contributed by atoms with Crippen LogP contribution in [0, 0.1) is 0 Å². The Balaban J connectivity index is 0.870. The van der Waals surface area contributed by atoms with Crippen LogP contribution in [-0.2, 0) is 33.9 Å². The van der Waals surface area contributed by atoms with Gasteiger partial charge in [-0.3, -0.25) is 34.5 Å². The molecule has 1 aromatic heterocycles. The molecule has 50 heavy (non-hydrogen) atoms. The number of imide groups is 1. The van der Waals surface area contributed by atoms with Crippen LogP contribution in [-0.4, -0.2) is 69.9 Å². The van der Waals surface area contributed by atoms with Gasteiger partial charge in [0.05, 0.1) is 35.4 Å². The van der Waals surface area contributed by atoms with E-state index in [1.165, 1.54) is 11.1 Å². The number of nitrogens with two attached hydrogens (primary N) is 1. The minimum Gasteiger partial charge on any atom is -0.404 e. The fraction of sp³-hybridized carbons (Fsp3) is 0.289. The Kier molecular flexibility index (Phi) is 9.32. The highest BCUT2D eigenvalue weighted by Gasteiger charge is 2.39. The summed E-state index contributed by atoms with van der Waals surface area (Å²) in [5, 5.41) is 5.30. The number of amides is 4. The van der Waals surface area contributed by atoms with Crippen molar-refractivity contribution in [1.82, 2.24) is 25.5 Å². The molecule has 0 saturated carbocycles. The molecule has 1 unspecified atom stereocenters. The Morgan fingerprint density at radius 1 is 0.980 bits per heavy atom. The number of benzene rings is 3. The van der Waals surface area contributed by atoms with Gasteiger partial charge in [0.1, 0.15) is 6.04 Å². The first-order valence-corrected chi connectivity index (χ1v) is 16.9. The first kappa shape index (κ1) is 32.6. The molecule has 0 aliphatic carbocycles. The van der Waals surface area contributed by atoms with Crippen LogP contribution in [0.5, 0.6) is 0 Å². The van der Waals surface area contributed by atoms with Gasteiger partial charge < -0.3 is 20.9 Å². The predicted molar refractivity (Wildman–Crippen MR) is 190 cm³/mol. The van der Waals surface area contributed by atoms with E-state index in [-0.39, 0.29) is 36.6 Å². The van der Waals surface area contributed by atoms with Crippen LogP contribution in [0.25, 0.3) is 16.6 Å². The summed E-state index contributed by atoms with van der Waals surface area (Å²) in [4.78, 5) is 67.4. The van der Waals surface area contributed by atoms with E-state index in [9.17, 15) is 19.2 Å². The molecule has 2 fully saturated rings. The second-order valence-corrected chi connectivity index (χ2v) is 12.9. The molecule has 0 spiro atoms. The van der Waals surface area contributed by atoms with Crippen molar-refractivity contribution < 1.29 is 19.2 Å². The molecule has 0 radical (unpaired) electrons. The van der Waals surface area contributed by atoms with Crippen molar-refractivity contribution in [2.75, 3.05) is 18.0 Å². The van der Waals surface area contributed by atoms with Crippen molar-refractivity contribution in [1.29, 1.82) is 0 Å². The largest absolute Gasteiger partial charge is 0.404 e. The molecule has 0 bridgehead atoms. The standard InChI is InChI=1S/C38H38N8O4/c39-19-27(33-22-41-31-3-1-2-4-32(31)43-33)21-40-28-13-15-45(16-14-28)29-8-5-24(6-9-29)18-36(48)42-20-25-7-10-30-26(17-25)23-46(38(30)50)34-11-12-35(47)44-37(34)49/h1-10,17,19,21-22,28,34H,11-16,18,20,23,39H2,(H,42,48)(H,44,47,49). The number of carbonyl (C=O) groups is 4. The van der Waals surface area contributed by atoms with Gasteiger partial charge in [-0.25, -0.2) is 4.98 Å². The Hall–Kier alpha value is -5.91. The number of fused-ring (bicyclic) bond motifs is 2. The molecule has 4 amide bonds. The zero-order valence-electron chi connectivity index (χ0n) is 27.5. The number of anilines is 1. The summed E-state index contributed by atoms with van der Waals surface area (Å²) < 4.78 is 0. The maximum Gasteiger partial charge on any atom is 0.255 e. The maximum absolute atomic E-state index is 13.0. The quantitative estimate of drug-likeness (QED) is 0.181. The van der Waals surface area contributed by atoms with Crippen molar-refractivity contribution in [2.24, 2.45) is 10.7 Å². The molecule has 7 rings (SSSR count). The molecule has 12 nitrogen and oxygen atoms in total. The summed E-state index contributed by atoms with van der Waals surface area (Å²) in [6, 6.07) is 20.8. The van der Waals surface area contributed by atoms with Crippen molar-refractivity contribution >= 4 is 52.1 Å². The zero-order chi connectivity index (χ0) is 34.6. The molecular weight excluding hydrogens is 632 g/mol. The first-order chi connectivity index (χ1) is 24.3. The Morgan fingerprint density at radius 2 is 1.74 bits per heavy atom. The highest BCUT2D eigenvalue weighted by Crippen LogP contribution is 2.28. The van der Waals surface area contributed by atoms with Crippen LogP contribution in [0.1, 0.15) is 58.4 Å². The number of hydrogen-bond acceptors (Lipinski definition) is 9. The number of piperidine rings is 2. The minimum absolute atomic E-state index is 0.0984. The van der Waals surface area contributed by atoms with Gasteiger partial charge in [0.25, 0.3) is 5.91 Å². The lowest BCUT2D eigenvalue weighted by molar-refractivity contribution is -0.137. The number of nitrogens with zero attached hydrogens (tertiary/aromatic N) is 5. The number of rotatable bonds is 9.